The van der Waals surface area contributed by atoms with E-state index in [2.05, 4.69) is 5.32 Å². The summed E-state index contributed by atoms with van der Waals surface area (Å²) >= 11 is 5.91. The fourth-order valence-corrected chi connectivity index (χ4v) is 4.57. The molecule has 1 N–H and O–H groups in total. The predicted octanol–water partition coefficient (Wildman–Crippen LogP) is 4.26. The van der Waals surface area contributed by atoms with Gasteiger partial charge in [-0.1, -0.05) is 23.7 Å². The quantitative estimate of drug-likeness (QED) is 0.432. The lowest BCUT2D eigenvalue weighted by Crippen LogP contribution is -2.32. The zero-order valence-corrected chi connectivity index (χ0v) is 16.7. The molecular formula is C17H17Cl2FNO2PS. The number of nitrogens with one attached hydrogen (secondary N) is 1. The number of rotatable bonds is 5. The van der Waals surface area contributed by atoms with Crippen molar-refractivity contribution in [3.8, 4) is 0 Å². The van der Waals surface area contributed by atoms with Crippen LogP contribution in [0.15, 0.2) is 47.4 Å². The molecule has 1 atom stereocenters. The molecule has 0 bridgehead atoms. The molecule has 3 rings (SSSR count). The zero-order chi connectivity index (χ0) is 18.2. The summed E-state index contributed by atoms with van der Waals surface area (Å²) in [6.07, 6.45) is 1.95. The average Bonchev–Trinajstić information content (AvgIpc) is 3.33. The van der Waals surface area contributed by atoms with Crippen LogP contribution in [-0.2, 0) is 14.2 Å². The first-order chi connectivity index (χ1) is 11.7. The molecule has 0 saturated heterocycles. The molecule has 0 heterocycles. The Labute approximate surface area is 158 Å². The molecule has 0 aliphatic heterocycles. The summed E-state index contributed by atoms with van der Waals surface area (Å²) in [5.74, 6) is -1.13. The smallest absolute Gasteiger partial charge is 0.251 e. The second-order valence-corrected chi connectivity index (χ2v) is 13.0. The van der Waals surface area contributed by atoms with Crippen molar-refractivity contribution >= 4 is 45.4 Å². The van der Waals surface area contributed by atoms with Crippen LogP contribution in [0, 0.1) is 5.82 Å². The first-order valence-corrected chi connectivity index (χ1v) is 12.2. The fraction of sp³-hybridized carbons (Fsp3) is 0.235. The van der Waals surface area contributed by atoms with Crippen LogP contribution in [0.4, 0.5) is 4.39 Å². The van der Waals surface area contributed by atoms with E-state index >= 15 is 0 Å². The van der Waals surface area contributed by atoms with Crippen LogP contribution in [0.25, 0.3) is 0 Å². The molecule has 25 heavy (non-hydrogen) atoms. The molecule has 134 valence electrons. The summed E-state index contributed by atoms with van der Waals surface area (Å²) in [6.45, 7) is 0.467. The Morgan fingerprint density at radius 2 is 1.88 bits per heavy atom. The standard InChI is InChI=1S/C17H17Cl2FNO2PS/c18-13-4-2-12(3-5-13)17(7-8-17)10-21-16(22)11-1-6-15(14(20)9-11)25(19,23)24/h1-6,9,25H,7-8,10,24H2,(H,21,22). The third-order valence-corrected chi connectivity index (χ3v) is 7.09. The minimum absolute atomic E-state index is 0.0787. The zero-order valence-electron chi connectivity index (χ0n) is 13.1. The first-order valence-electron chi connectivity index (χ1n) is 7.64. The van der Waals surface area contributed by atoms with Crippen molar-refractivity contribution in [2.45, 2.75) is 23.2 Å². The summed E-state index contributed by atoms with van der Waals surface area (Å²) < 4.78 is 25.8. The van der Waals surface area contributed by atoms with Crippen molar-refractivity contribution in [1.82, 2.24) is 5.32 Å². The number of hydrogen-bond donors (Lipinski definition) is 2. The van der Waals surface area contributed by atoms with Gasteiger partial charge in [0.2, 0.25) is 0 Å². The maximum absolute atomic E-state index is 14.0. The molecule has 0 spiro atoms. The molecule has 3 nitrogen and oxygen atoms in total. The molecule has 2 aromatic carbocycles. The van der Waals surface area contributed by atoms with Gasteiger partial charge in [-0.05, 0) is 67.9 Å². The number of hydrogen-bond acceptors (Lipinski definition) is 2. The Bertz CT molecular complexity index is 865. The van der Waals surface area contributed by atoms with E-state index in [9.17, 15) is 13.4 Å². The van der Waals surface area contributed by atoms with E-state index in [4.69, 9.17) is 22.3 Å². The van der Waals surface area contributed by atoms with E-state index in [1.807, 2.05) is 32.7 Å². The van der Waals surface area contributed by atoms with E-state index in [1.165, 1.54) is 12.1 Å². The molecule has 8 heteroatoms. The number of amides is 1. The predicted molar refractivity (Wildman–Crippen MR) is 104 cm³/mol. The third kappa shape index (κ3) is 4.22. The van der Waals surface area contributed by atoms with Gasteiger partial charge in [0.15, 0.2) is 0 Å². The molecular weight excluding hydrogens is 403 g/mol. The highest BCUT2D eigenvalue weighted by molar-refractivity contribution is 8.58. The van der Waals surface area contributed by atoms with Gasteiger partial charge in [-0.2, -0.15) is 0 Å². The van der Waals surface area contributed by atoms with Crippen LogP contribution >= 0.6 is 30.7 Å². The van der Waals surface area contributed by atoms with Gasteiger partial charge in [0, 0.05) is 31.3 Å². The highest BCUT2D eigenvalue weighted by Crippen LogP contribution is 2.47. The summed E-state index contributed by atoms with van der Waals surface area (Å²) in [5, 5.41) is 3.53. The molecule has 1 amide bonds. The number of carbonyl (C=O) groups excluding carboxylic acids is 1. The molecule has 1 aliphatic carbocycles. The molecule has 1 aliphatic rings. The monoisotopic (exact) mass is 419 g/mol. The molecule has 1 unspecified atom stereocenters. The Balaban J connectivity index is 1.70. The topological polar surface area (TPSA) is 46.2 Å². The van der Waals surface area contributed by atoms with E-state index < -0.39 is 14.6 Å². The second kappa shape index (κ2) is 6.96. The lowest BCUT2D eigenvalue weighted by molar-refractivity contribution is 0.0949. The van der Waals surface area contributed by atoms with Crippen LogP contribution in [0.1, 0.15) is 28.8 Å². The van der Waals surface area contributed by atoms with Crippen LogP contribution in [-0.4, -0.2) is 16.7 Å². The first kappa shape index (κ1) is 18.8. The molecule has 1 fully saturated rings. The maximum Gasteiger partial charge on any atom is 0.251 e. The third-order valence-electron chi connectivity index (χ3n) is 4.44. The summed E-state index contributed by atoms with van der Waals surface area (Å²) in [5.41, 5.74) is 1.22. The summed E-state index contributed by atoms with van der Waals surface area (Å²) in [7, 11) is 4.30. The minimum Gasteiger partial charge on any atom is -0.351 e. The molecule has 1 saturated carbocycles. The van der Waals surface area contributed by atoms with E-state index in [0.717, 1.165) is 24.5 Å². The van der Waals surface area contributed by atoms with Gasteiger partial charge >= 0.3 is 0 Å². The van der Waals surface area contributed by atoms with Gasteiger partial charge in [0.1, 0.15) is 5.82 Å². The lowest BCUT2D eigenvalue weighted by Gasteiger charge is -2.17. The van der Waals surface area contributed by atoms with Gasteiger partial charge in [0.05, 0.1) is 4.90 Å². The van der Waals surface area contributed by atoms with E-state index in [-0.39, 0.29) is 21.8 Å². The second-order valence-electron chi connectivity index (χ2n) is 6.21. The van der Waals surface area contributed by atoms with Crippen molar-refractivity contribution in [2.75, 3.05) is 6.54 Å². The summed E-state index contributed by atoms with van der Waals surface area (Å²) in [6, 6.07) is 11.4. The molecule has 0 radical (unpaired) electrons. The van der Waals surface area contributed by atoms with E-state index in [1.54, 1.807) is 0 Å². The Morgan fingerprint density at radius 3 is 2.40 bits per heavy atom. The highest BCUT2D eigenvalue weighted by Gasteiger charge is 2.44. The van der Waals surface area contributed by atoms with Crippen molar-refractivity contribution in [3.63, 3.8) is 0 Å². The van der Waals surface area contributed by atoms with Crippen LogP contribution in [0.2, 0.25) is 5.02 Å². The van der Waals surface area contributed by atoms with Gasteiger partial charge < -0.3 is 5.32 Å². The van der Waals surface area contributed by atoms with Crippen molar-refractivity contribution < 1.29 is 13.4 Å². The molecule has 0 aromatic heterocycles. The lowest BCUT2D eigenvalue weighted by atomic mass is 9.96. The average molecular weight is 420 g/mol. The Morgan fingerprint density at radius 1 is 1.24 bits per heavy atom. The minimum atomic E-state index is -3.31. The van der Waals surface area contributed by atoms with Crippen LogP contribution < -0.4 is 5.32 Å². The van der Waals surface area contributed by atoms with E-state index in [0.29, 0.717) is 11.6 Å². The maximum atomic E-state index is 14.0. The van der Waals surface area contributed by atoms with Gasteiger partial charge in [-0.15, -0.1) is 0 Å². The normalized spacial score (nSPS) is 16.3. The largest absolute Gasteiger partial charge is 0.351 e. The number of carbonyl (C=O) groups is 1. The van der Waals surface area contributed by atoms with Crippen LogP contribution in [0.3, 0.4) is 0 Å². The fourth-order valence-electron chi connectivity index (χ4n) is 2.77. The summed E-state index contributed by atoms with van der Waals surface area (Å²) in [4.78, 5) is 12.2. The Hall–Kier alpha value is -1.000. The number of thiol groups is 1. The molecule has 2 aromatic rings. The highest BCUT2D eigenvalue weighted by atomic mass is 35.7. The van der Waals surface area contributed by atoms with Crippen molar-refractivity contribution in [2.24, 2.45) is 0 Å². The van der Waals surface area contributed by atoms with Gasteiger partial charge in [-0.25, -0.2) is 4.39 Å². The van der Waals surface area contributed by atoms with Crippen LogP contribution in [0.5, 0.6) is 0 Å². The number of halogens is 3. The Kier molecular flexibility index (Phi) is 5.23. The van der Waals surface area contributed by atoms with Gasteiger partial charge in [0.25, 0.3) is 5.91 Å². The van der Waals surface area contributed by atoms with Crippen molar-refractivity contribution in [1.29, 1.82) is 0 Å². The SMILES string of the molecule is O=C(NCC1(c2ccc(Cl)cc2)CC1)c1ccc([SH](=O)(P)Cl)c(F)c1. The van der Waals surface area contributed by atoms with Crippen molar-refractivity contribution in [3.05, 3.63) is 64.4 Å². The number of benzene rings is 2. The van der Waals surface area contributed by atoms with Gasteiger partial charge in [-0.3, -0.25) is 9.00 Å².